The van der Waals surface area contributed by atoms with Crippen LogP contribution >= 0.6 is 0 Å². The lowest BCUT2D eigenvalue weighted by molar-refractivity contribution is -0.134. The summed E-state index contributed by atoms with van der Waals surface area (Å²) in [6.45, 7) is 1.95. The molecule has 0 saturated carbocycles. The molecule has 2 aliphatic rings. The molecule has 1 fully saturated rings. The third kappa shape index (κ3) is 2.52. The Hall–Kier alpha value is -1.35. The lowest BCUT2D eigenvalue weighted by Crippen LogP contribution is -2.34. The third-order valence-corrected chi connectivity index (χ3v) is 4.54. The predicted octanol–water partition coefficient (Wildman–Crippen LogP) is 1.63. The fourth-order valence-electron chi connectivity index (χ4n) is 3.44. The van der Waals surface area contributed by atoms with Gasteiger partial charge < -0.3 is 10.0 Å². The summed E-state index contributed by atoms with van der Waals surface area (Å²) in [7, 11) is 0. The summed E-state index contributed by atoms with van der Waals surface area (Å²) in [5, 5.41) is 8.98. The number of nitrogens with zero attached hydrogens (tertiary/aromatic N) is 1. The first-order chi connectivity index (χ1) is 9.28. The SMILES string of the molecule is O=C(C1Cc2ccccc2C1)N1CCC(CCO)C1. The molecule has 1 amide bonds. The predicted molar refractivity (Wildman–Crippen MR) is 73.7 cm³/mol. The molecule has 1 aliphatic heterocycles. The Morgan fingerprint density at radius 3 is 2.58 bits per heavy atom. The van der Waals surface area contributed by atoms with Crippen LogP contribution in [-0.4, -0.2) is 35.6 Å². The summed E-state index contributed by atoms with van der Waals surface area (Å²) >= 11 is 0. The molecule has 1 saturated heterocycles. The number of likely N-dealkylation sites (tertiary alicyclic amines) is 1. The highest BCUT2D eigenvalue weighted by molar-refractivity contribution is 5.80. The average molecular weight is 259 g/mol. The van der Waals surface area contributed by atoms with Gasteiger partial charge in [0.2, 0.25) is 5.91 Å². The quantitative estimate of drug-likeness (QED) is 0.896. The maximum absolute atomic E-state index is 12.5. The minimum atomic E-state index is 0.144. The smallest absolute Gasteiger partial charge is 0.226 e. The fourth-order valence-corrected chi connectivity index (χ4v) is 3.44. The molecule has 1 aliphatic carbocycles. The van der Waals surface area contributed by atoms with E-state index in [1.165, 1.54) is 11.1 Å². The van der Waals surface area contributed by atoms with E-state index in [1.807, 2.05) is 4.90 Å². The molecule has 1 atom stereocenters. The van der Waals surface area contributed by atoms with Crippen molar-refractivity contribution in [3.8, 4) is 0 Å². The van der Waals surface area contributed by atoms with Crippen molar-refractivity contribution in [2.75, 3.05) is 19.7 Å². The van der Waals surface area contributed by atoms with Crippen LogP contribution in [0.1, 0.15) is 24.0 Å². The molecule has 102 valence electrons. The van der Waals surface area contributed by atoms with E-state index in [1.54, 1.807) is 0 Å². The Bertz CT molecular complexity index is 447. The molecular weight excluding hydrogens is 238 g/mol. The Morgan fingerprint density at radius 2 is 1.95 bits per heavy atom. The Labute approximate surface area is 114 Å². The number of aliphatic hydroxyl groups is 1. The maximum Gasteiger partial charge on any atom is 0.226 e. The van der Waals surface area contributed by atoms with Crippen molar-refractivity contribution in [3.05, 3.63) is 35.4 Å². The van der Waals surface area contributed by atoms with Gasteiger partial charge in [-0.25, -0.2) is 0 Å². The number of amides is 1. The zero-order valence-corrected chi connectivity index (χ0v) is 11.2. The number of benzene rings is 1. The lowest BCUT2D eigenvalue weighted by atomic mass is 10.0. The Morgan fingerprint density at radius 1 is 1.26 bits per heavy atom. The number of hydrogen-bond acceptors (Lipinski definition) is 2. The fraction of sp³-hybridized carbons (Fsp3) is 0.562. The van der Waals surface area contributed by atoms with Crippen LogP contribution in [0.3, 0.4) is 0 Å². The van der Waals surface area contributed by atoms with E-state index in [2.05, 4.69) is 24.3 Å². The minimum absolute atomic E-state index is 0.144. The van der Waals surface area contributed by atoms with Gasteiger partial charge in [0.15, 0.2) is 0 Å². The topological polar surface area (TPSA) is 40.5 Å². The van der Waals surface area contributed by atoms with E-state index < -0.39 is 0 Å². The van der Waals surface area contributed by atoms with Gasteiger partial charge in [-0.15, -0.1) is 0 Å². The average Bonchev–Trinajstić information content (AvgIpc) is 3.04. The molecule has 0 spiro atoms. The van der Waals surface area contributed by atoms with Gasteiger partial charge in [-0.1, -0.05) is 24.3 Å². The van der Waals surface area contributed by atoms with E-state index in [-0.39, 0.29) is 12.5 Å². The number of aliphatic hydroxyl groups excluding tert-OH is 1. The highest BCUT2D eigenvalue weighted by Crippen LogP contribution is 2.30. The molecule has 0 bridgehead atoms. The van der Waals surface area contributed by atoms with Gasteiger partial charge in [0.1, 0.15) is 0 Å². The monoisotopic (exact) mass is 259 g/mol. The molecule has 1 N–H and O–H groups in total. The second-order valence-corrected chi connectivity index (χ2v) is 5.83. The van der Waals surface area contributed by atoms with E-state index in [0.717, 1.165) is 38.8 Å². The van der Waals surface area contributed by atoms with E-state index in [9.17, 15) is 4.79 Å². The first kappa shape index (κ1) is 12.7. The molecule has 1 unspecified atom stereocenters. The Kier molecular flexibility index (Phi) is 3.56. The second kappa shape index (κ2) is 5.33. The van der Waals surface area contributed by atoms with Gasteiger partial charge in [0.05, 0.1) is 0 Å². The van der Waals surface area contributed by atoms with Crippen LogP contribution in [0.25, 0.3) is 0 Å². The molecule has 0 aromatic heterocycles. The third-order valence-electron chi connectivity index (χ3n) is 4.54. The molecule has 0 radical (unpaired) electrons. The lowest BCUT2D eigenvalue weighted by Gasteiger charge is -2.20. The highest BCUT2D eigenvalue weighted by atomic mass is 16.3. The van der Waals surface area contributed by atoms with Crippen molar-refractivity contribution in [2.45, 2.75) is 25.7 Å². The normalized spacial score (nSPS) is 22.8. The summed E-state index contributed by atoms with van der Waals surface area (Å²) in [5.41, 5.74) is 2.68. The van der Waals surface area contributed by atoms with Crippen molar-refractivity contribution < 1.29 is 9.90 Å². The van der Waals surface area contributed by atoms with Crippen LogP contribution in [0.4, 0.5) is 0 Å². The molecular formula is C16H21NO2. The van der Waals surface area contributed by atoms with E-state index in [4.69, 9.17) is 5.11 Å². The first-order valence-corrected chi connectivity index (χ1v) is 7.24. The molecule has 1 aromatic carbocycles. The molecule has 1 aromatic rings. The van der Waals surface area contributed by atoms with Crippen molar-refractivity contribution in [2.24, 2.45) is 11.8 Å². The maximum atomic E-state index is 12.5. The Balaban J connectivity index is 1.61. The summed E-state index contributed by atoms with van der Waals surface area (Å²) in [5.74, 6) is 0.958. The van der Waals surface area contributed by atoms with Gasteiger partial charge >= 0.3 is 0 Å². The first-order valence-electron chi connectivity index (χ1n) is 7.24. The van der Waals surface area contributed by atoms with Gasteiger partial charge in [-0.2, -0.15) is 0 Å². The summed E-state index contributed by atoms with van der Waals surface area (Å²) in [6.07, 6.45) is 3.67. The largest absolute Gasteiger partial charge is 0.396 e. The van der Waals surface area contributed by atoms with Crippen LogP contribution in [0.15, 0.2) is 24.3 Å². The van der Waals surface area contributed by atoms with Crippen LogP contribution in [0.2, 0.25) is 0 Å². The second-order valence-electron chi connectivity index (χ2n) is 5.83. The molecule has 1 heterocycles. The summed E-state index contributed by atoms with van der Waals surface area (Å²) < 4.78 is 0. The molecule has 3 nitrogen and oxygen atoms in total. The van der Waals surface area contributed by atoms with Crippen LogP contribution in [0, 0.1) is 11.8 Å². The number of fused-ring (bicyclic) bond motifs is 1. The number of hydrogen-bond donors (Lipinski definition) is 1. The molecule has 3 rings (SSSR count). The van der Waals surface area contributed by atoms with Gasteiger partial charge in [0, 0.05) is 25.6 Å². The molecule has 19 heavy (non-hydrogen) atoms. The van der Waals surface area contributed by atoms with Crippen LogP contribution < -0.4 is 0 Å². The van der Waals surface area contributed by atoms with E-state index in [0.29, 0.717) is 11.8 Å². The minimum Gasteiger partial charge on any atom is -0.396 e. The van der Waals surface area contributed by atoms with Crippen molar-refractivity contribution in [3.63, 3.8) is 0 Å². The summed E-state index contributed by atoms with van der Waals surface area (Å²) in [4.78, 5) is 14.5. The van der Waals surface area contributed by atoms with Gasteiger partial charge in [0.25, 0.3) is 0 Å². The zero-order chi connectivity index (χ0) is 13.2. The van der Waals surface area contributed by atoms with Gasteiger partial charge in [-0.3, -0.25) is 4.79 Å². The zero-order valence-electron chi connectivity index (χ0n) is 11.2. The van der Waals surface area contributed by atoms with Gasteiger partial charge in [-0.05, 0) is 42.7 Å². The van der Waals surface area contributed by atoms with Crippen LogP contribution in [-0.2, 0) is 17.6 Å². The highest BCUT2D eigenvalue weighted by Gasteiger charge is 2.33. The number of rotatable bonds is 3. The summed E-state index contributed by atoms with van der Waals surface area (Å²) in [6, 6.07) is 8.39. The number of carbonyl (C=O) groups excluding carboxylic acids is 1. The molecule has 3 heteroatoms. The van der Waals surface area contributed by atoms with Crippen molar-refractivity contribution >= 4 is 5.91 Å². The van der Waals surface area contributed by atoms with Crippen molar-refractivity contribution in [1.29, 1.82) is 0 Å². The standard InChI is InChI=1S/C16H21NO2/c18-8-6-12-5-7-17(11-12)16(19)15-9-13-3-1-2-4-14(13)10-15/h1-4,12,15,18H,5-11H2. The van der Waals surface area contributed by atoms with Crippen LogP contribution in [0.5, 0.6) is 0 Å². The number of carbonyl (C=O) groups is 1. The van der Waals surface area contributed by atoms with Crippen molar-refractivity contribution in [1.82, 2.24) is 4.90 Å². The van der Waals surface area contributed by atoms with E-state index >= 15 is 0 Å².